The lowest BCUT2D eigenvalue weighted by Gasteiger charge is -2.33. The first-order chi connectivity index (χ1) is 15.4. The van der Waals surface area contributed by atoms with Crippen molar-refractivity contribution in [3.63, 3.8) is 0 Å². The SMILES string of the molecule is O=C(NC1CCCN(c2ncccn2)C1)c1cccnc1Nc1cccc(C(F)(F)F)c1. The minimum absolute atomic E-state index is 0.123. The number of pyridine rings is 1. The van der Waals surface area contributed by atoms with Crippen molar-refractivity contribution < 1.29 is 18.0 Å². The first-order valence-electron chi connectivity index (χ1n) is 10.1. The van der Waals surface area contributed by atoms with E-state index in [0.29, 0.717) is 12.5 Å². The quantitative estimate of drug-likeness (QED) is 0.621. The zero-order chi connectivity index (χ0) is 22.6. The fraction of sp³-hybridized carbons (Fsp3) is 0.273. The van der Waals surface area contributed by atoms with E-state index in [4.69, 9.17) is 0 Å². The average Bonchev–Trinajstić information content (AvgIpc) is 2.80. The summed E-state index contributed by atoms with van der Waals surface area (Å²) in [6.07, 6.45) is 2.02. The highest BCUT2D eigenvalue weighted by Gasteiger charge is 2.30. The lowest BCUT2D eigenvalue weighted by atomic mass is 10.1. The molecule has 4 rings (SSSR count). The van der Waals surface area contributed by atoms with Gasteiger partial charge in [0.15, 0.2) is 0 Å². The minimum Gasteiger partial charge on any atom is -0.347 e. The van der Waals surface area contributed by atoms with E-state index < -0.39 is 11.7 Å². The summed E-state index contributed by atoms with van der Waals surface area (Å²) in [6.45, 7) is 1.36. The molecule has 1 aromatic carbocycles. The topological polar surface area (TPSA) is 83.0 Å². The number of anilines is 3. The third-order valence-corrected chi connectivity index (χ3v) is 5.10. The number of piperidine rings is 1. The zero-order valence-electron chi connectivity index (χ0n) is 17.0. The predicted molar refractivity (Wildman–Crippen MR) is 114 cm³/mol. The van der Waals surface area contributed by atoms with Crippen LogP contribution in [0.3, 0.4) is 0 Å². The van der Waals surface area contributed by atoms with Crippen molar-refractivity contribution in [1.29, 1.82) is 0 Å². The number of benzene rings is 1. The Kier molecular flexibility index (Phi) is 6.20. The van der Waals surface area contributed by atoms with Crippen molar-refractivity contribution in [2.75, 3.05) is 23.3 Å². The lowest BCUT2D eigenvalue weighted by molar-refractivity contribution is -0.137. The molecule has 3 heterocycles. The molecule has 1 saturated heterocycles. The Labute approximate surface area is 182 Å². The van der Waals surface area contributed by atoms with E-state index in [9.17, 15) is 18.0 Å². The maximum absolute atomic E-state index is 13.0. The van der Waals surface area contributed by atoms with Crippen LogP contribution < -0.4 is 15.5 Å². The second-order valence-electron chi connectivity index (χ2n) is 7.41. The van der Waals surface area contributed by atoms with Crippen LogP contribution in [0.5, 0.6) is 0 Å². The molecule has 7 nitrogen and oxygen atoms in total. The summed E-state index contributed by atoms with van der Waals surface area (Å²) in [4.78, 5) is 27.7. The number of aromatic nitrogens is 3. The molecule has 0 aliphatic carbocycles. The van der Waals surface area contributed by atoms with Crippen LogP contribution in [-0.2, 0) is 6.18 Å². The largest absolute Gasteiger partial charge is 0.416 e. The van der Waals surface area contributed by atoms with E-state index in [1.165, 1.54) is 18.3 Å². The smallest absolute Gasteiger partial charge is 0.347 e. The third kappa shape index (κ3) is 5.13. The van der Waals surface area contributed by atoms with Crippen molar-refractivity contribution in [2.45, 2.75) is 25.1 Å². The molecule has 166 valence electrons. The molecule has 32 heavy (non-hydrogen) atoms. The predicted octanol–water partition coefficient (Wildman–Crippen LogP) is 4.03. The van der Waals surface area contributed by atoms with Crippen molar-refractivity contribution in [1.82, 2.24) is 20.3 Å². The standard InChI is InChI=1S/C22H21F3N6O/c23-22(24,25)15-5-1-6-16(13-15)29-19-18(8-2-9-26-19)20(32)30-17-7-3-12-31(14-17)21-27-10-4-11-28-21/h1-2,4-6,8-11,13,17H,3,7,12,14H2,(H,26,29)(H,30,32). The van der Waals surface area contributed by atoms with Crippen molar-refractivity contribution in [3.8, 4) is 0 Å². The number of amides is 1. The minimum atomic E-state index is -4.46. The van der Waals surface area contributed by atoms with Crippen LogP contribution in [-0.4, -0.2) is 40.0 Å². The van der Waals surface area contributed by atoms with E-state index in [0.717, 1.165) is 31.5 Å². The summed E-state index contributed by atoms with van der Waals surface area (Å²) in [6, 6.07) is 9.57. The highest BCUT2D eigenvalue weighted by Crippen LogP contribution is 2.31. The number of carbonyl (C=O) groups is 1. The monoisotopic (exact) mass is 442 g/mol. The Hall–Kier alpha value is -3.69. The van der Waals surface area contributed by atoms with Crippen molar-refractivity contribution >= 4 is 23.4 Å². The number of halogens is 3. The number of hydrogen-bond donors (Lipinski definition) is 2. The fourth-order valence-electron chi connectivity index (χ4n) is 3.59. The van der Waals surface area contributed by atoms with Gasteiger partial charge < -0.3 is 15.5 Å². The van der Waals surface area contributed by atoms with Gasteiger partial charge in [-0.15, -0.1) is 0 Å². The Balaban J connectivity index is 1.47. The van der Waals surface area contributed by atoms with Crippen LogP contribution in [0.2, 0.25) is 0 Å². The zero-order valence-corrected chi connectivity index (χ0v) is 17.0. The summed E-state index contributed by atoms with van der Waals surface area (Å²) in [5, 5.41) is 5.84. The first kappa shape index (κ1) is 21.5. The molecule has 1 atom stereocenters. The molecular weight excluding hydrogens is 421 g/mol. The fourth-order valence-corrected chi connectivity index (χ4v) is 3.59. The van der Waals surface area contributed by atoms with E-state index in [1.807, 2.05) is 4.90 Å². The van der Waals surface area contributed by atoms with Gasteiger partial charge in [-0.25, -0.2) is 15.0 Å². The Morgan fingerprint density at radius 1 is 1.03 bits per heavy atom. The highest BCUT2D eigenvalue weighted by molar-refractivity contribution is 5.99. The summed E-state index contributed by atoms with van der Waals surface area (Å²) >= 11 is 0. The molecule has 3 aromatic rings. The highest BCUT2D eigenvalue weighted by atomic mass is 19.4. The number of nitrogens with zero attached hydrogens (tertiary/aromatic N) is 4. The number of rotatable bonds is 5. The van der Waals surface area contributed by atoms with Gasteiger partial charge in [-0.05, 0) is 49.2 Å². The van der Waals surface area contributed by atoms with Gasteiger partial charge in [-0.2, -0.15) is 13.2 Å². The van der Waals surface area contributed by atoms with E-state index in [1.54, 1.807) is 30.6 Å². The number of carbonyl (C=O) groups excluding carboxylic acids is 1. The van der Waals surface area contributed by atoms with Gasteiger partial charge in [0.2, 0.25) is 5.95 Å². The Morgan fingerprint density at radius 3 is 2.59 bits per heavy atom. The summed E-state index contributed by atoms with van der Waals surface area (Å²) in [5.74, 6) is 0.441. The maximum Gasteiger partial charge on any atom is 0.416 e. The second-order valence-corrected chi connectivity index (χ2v) is 7.41. The maximum atomic E-state index is 13.0. The van der Waals surface area contributed by atoms with Gasteiger partial charge in [-0.3, -0.25) is 4.79 Å². The van der Waals surface area contributed by atoms with Gasteiger partial charge in [0, 0.05) is 43.4 Å². The molecule has 2 N–H and O–H groups in total. The summed E-state index contributed by atoms with van der Waals surface area (Å²) in [5.41, 5.74) is -0.342. The molecule has 1 aliphatic rings. The normalized spacial score (nSPS) is 16.5. The van der Waals surface area contributed by atoms with Gasteiger partial charge in [0.25, 0.3) is 5.91 Å². The molecule has 1 amide bonds. The van der Waals surface area contributed by atoms with Gasteiger partial charge in [0.05, 0.1) is 11.1 Å². The van der Waals surface area contributed by atoms with Gasteiger partial charge in [-0.1, -0.05) is 6.07 Å². The molecule has 0 spiro atoms. The van der Waals surface area contributed by atoms with Crippen LogP contribution in [0.25, 0.3) is 0 Å². The van der Waals surface area contributed by atoms with Crippen molar-refractivity contribution in [3.05, 3.63) is 72.2 Å². The number of hydrogen-bond acceptors (Lipinski definition) is 6. The molecule has 1 unspecified atom stereocenters. The van der Waals surface area contributed by atoms with Crippen LogP contribution in [0.15, 0.2) is 61.1 Å². The second kappa shape index (κ2) is 9.21. The van der Waals surface area contributed by atoms with E-state index >= 15 is 0 Å². The molecule has 0 radical (unpaired) electrons. The summed E-state index contributed by atoms with van der Waals surface area (Å²) in [7, 11) is 0. The van der Waals surface area contributed by atoms with Crippen LogP contribution in [0.4, 0.5) is 30.6 Å². The van der Waals surface area contributed by atoms with Crippen LogP contribution >= 0.6 is 0 Å². The molecule has 2 aromatic heterocycles. The molecule has 0 bridgehead atoms. The van der Waals surface area contributed by atoms with Gasteiger partial charge in [0.1, 0.15) is 5.82 Å². The van der Waals surface area contributed by atoms with Crippen LogP contribution in [0, 0.1) is 0 Å². The number of alkyl halides is 3. The number of nitrogens with one attached hydrogen (secondary N) is 2. The average molecular weight is 442 g/mol. The molecule has 1 fully saturated rings. The van der Waals surface area contributed by atoms with E-state index in [-0.39, 0.29) is 29.0 Å². The third-order valence-electron chi connectivity index (χ3n) is 5.10. The Morgan fingerprint density at radius 2 is 1.81 bits per heavy atom. The molecule has 1 aliphatic heterocycles. The van der Waals surface area contributed by atoms with E-state index in [2.05, 4.69) is 25.6 Å². The van der Waals surface area contributed by atoms with Gasteiger partial charge >= 0.3 is 6.18 Å². The van der Waals surface area contributed by atoms with Crippen molar-refractivity contribution in [2.24, 2.45) is 0 Å². The summed E-state index contributed by atoms with van der Waals surface area (Å²) < 4.78 is 39.0. The Bertz CT molecular complexity index is 1080. The van der Waals surface area contributed by atoms with Crippen LogP contribution in [0.1, 0.15) is 28.8 Å². The first-order valence-corrected chi connectivity index (χ1v) is 10.1. The molecular formula is C22H21F3N6O. The lowest BCUT2D eigenvalue weighted by Crippen LogP contribution is -2.48. The molecule has 10 heteroatoms. The molecule has 0 saturated carbocycles.